The Labute approximate surface area is 90.3 Å². The number of carbonyl (C=O) groups excluding carboxylic acids is 1. The maximum Gasteiger partial charge on any atom is 0.239 e. The van der Waals surface area contributed by atoms with Crippen LogP contribution in [0.1, 0.15) is 12.6 Å². The molecule has 1 atom stereocenters. The fourth-order valence-corrected chi connectivity index (χ4v) is 1.27. The van der Waals surface area contributed by atoms with Crippen molar-refractivity contribution in [2.75, 3.05) is 14.1 Å². The molecule has 1 aromatic rings. The molecule has 0 fully saturated rings. The van der Waals surface area contributed by atoms with Crippen molar-refractivity contribution in [3.8, 4) is 0 Å². The molecule has 0 aliphatic heterocycles. The average Bonchev–Trinajstić information content (AvgIpc) is 2.28. The second-order valence-corrected chi connectivity index (χ2v) is 3.53. The summed E-state index contributed by atoms with van der Waals surface area (Å²) in [5.74, 6) is 0.0724. The molecule has 0 aromatic carbocycles. The molecule has 1 aromatic heterocycles. The van der Waals surface area contributed by atoms with Crippen molar-refractivity contribution in [1.29, 1.82) is 0 Å². The maximum atomic E-state index is 11.7. The quantitative estimate of drug-likeness (QED) is 0.788. The molecule has 15 heavy (non-hydrogen) atoms. The number of nitrogens with one attached hydrogen (secondary N) is 1. The summed E-state index contributed by atoms with van der Waals surface area (Å²) < 4.78 is 0. The van der Waals surface area contributed by atoms with Gasteiger partial charge in [-0.25, -0.2) is 0 Å². The summed E-state index contributed by atoms with van der Waals surface area (Å²) >= 11 is 0. The summed E-state index contributed by atoms with van der Waals surface area (Å²) in [7, 11) is 3.56. The minimum atomic E-state index is -0.154. The van der Waals surface area contributed by atoms with E-state index in [-0.39, 0.29) is 11.9 Å². The van der Waals surface area contributed by atoms with Crippen LogP contribution in [0.25, 0.3) is 0 Å². The van der Waals surface area contributed by atoms with Crippen LogP contribution < -0.4 is 5.32 Å². The van der Waals surface area contributed by atoms with Crippen molar-refractivity contribution in [2.45, 2.75) is 19.5 Å². The Morgan fingerprint density at radius 2 is 2.33 bits per heavy atom. The molecule has 1 amide bonds. The predicted octanol–water partition coefficient (Wildman–Crippen LogP) is 0.648. The molecule has 0 saturated carbocycles. The van der Waals surface area contributed by atoms with Gasteiger partial charge < -0.3 is 10.2 Å². The lowest BCUT2D eigenvalue weighted by molar-refractivity contribution is -0.132. The fourth-order valence-electron chi connectivity index (χ4n) is 1.27. The van der Waals surface area contributed by atoms with Crippen molar-refractivity contribution in [2.24, 2.45) is 0 Å². The Morgan fingerprint density at radius 1 is 1.60 bits per heavy atom. The Bertz CT molecular complexity index is 313. The Kier molecular flexibility index (Phi) is 4.24. The van der Waals surface area contributed by atoms with Crippen molar-refractivity contribution in [3.63, 3.8) is 0 Å². The SMILES string of the molecule is CNC(C)C(=O)N(C)Cc1ccccn1. The lowest BCUT2D eigenvalue weighted by Crippen LogP contribution is -2.41. The van der Waals surface area contributed by atoms with Gasteiger partial charge in [-0.15, -0.1) is 0 Å². The summed E-state index contributed by atoms with van der Waals surface area (Å²) in [6.45, 7) is 2.39. The first-order valence-corrected chi connectivity index (χ1v) is 4.97. The number of hydrogen-bond donors (Lipinski definition) is 1. The van der Waals surface area contributed by atoms with Crippen LogP contribution in [0.4, 0.5) is 0 Å². The molecule has 0 aliphatic carbocycles. The van der Waals surface area contributed by atoms with E-state index < -0.39 is 0 Å². The molecular formula is C11H17N3O. The second kappa shape index (κ2) is 5.46. The highest BCUT2D eigenvalue weighted by Gasteiger charge is 2.15. The average molecular weight is 207 g/mol. The number of likely N-dealkylation sites (N-methyl/N-ethyl adjacent to an activating group) is 2. The molecule has 1 heterocycles. The molecule has 1 rings (SSSR count). The first-order chi connectivity index (χ1) is 7.15. The van der Waals surface area contributed by atoms with Crippen LogP contribution in [0.5, 0.6) is 0 Å². The number of hydrogen-bond acceptors (Lipinski definition) is 3. The molecule has 0 radical (unpaired) electrons. The van der Waals surface area contributed by atoms with Crippen LogP contribution in [-0.2, 0) is 11.3 Å². The van der Waals surface area contributed by atoms with Gasteiger partial charge in [-0.3, -0.25) is 9.78 Å². The van der Waals surface area contributed by atoms with Crippen LogP contribution in [0, 0.1) is 0 Å². The van der Waals surface area contributed by atoms with Crippen molar-refractivity contribution < 1.29 is 4.79 Å². The normalized spacial score (nSPS) is 12.2. The van der Waals surface area contributed by atoms with Gasteiger partial charge in [0.25, 0.3) is 0 Å². The topological polar surface area (TPSA) is 45.2 Å². The second-order valence-electron chi connectivity index (χ2n) is 3.53. The number of aromatic nitrogens is 1. The van der Waals surface area contributed by atoms with Crippen LogP contribution in [0.15, 0.2) is 24.4 Å². The number of carbonyl (C=O) groups is 1. The summed E-state index contributed by atoms with van der Waals surface area (Å²) in [6.07, 6.45) is 1.73. The largest absolute Gasteiger partial charge is 0.339 e. The van der Waals surface area contributed by atoms with Crippen molar-refractivity contribution >= 4 is 5.91 Å². The Hall–Kier alpha value is -1.42. The zero-order valence-corrected chi connectivity index (χ0v) is 9.40. The highest BCUT2D eigenvalue weighted by Crippen LogP contribution is 2.00. The van der Waals surface area contributed by atoms with Gasteiger partial charge in [-0.1, -0.05) is 6.07 Å². The summed E-state index contributed by atoms with van der Waals surface area (Å²) in [5, 5.41) is 2.92. The molecule has 0 bridgehead atoms. The number of pyridine rings is 1. The van der Waals surface area contributed by atoms with Gasteiger partial charge in [-0.2, -0.15) is 0 Å². The molecule has 4 heteroatoms. The van der Waals surface area contributed by atoms with Crippen LogP contribution in [0.2, 0.25) is 0 Å². The van der Waals surface area contributed by atoms with Crippen LogP contribution in [0.3, 0.4) is 0 Å². The molecule has 82 valence electrons. The number of nitrogens with zero attached hydrogens (tertiary/aromatic N) is 2. The van der Waals surface area contributed by atoms with Gasteiger partial charge in [-0.05, 0) is 26.1 Å². The zero-order chi connectivity index (χ0) is 11.3. The summed E-state index contributed by atoms with van der Waals surface area (Å²) in [4.78, 5) is 17.6. The smallest absolute Gasteiger partial charge is 0.239 e. The summed E-state index contributed by atoms with van der Waals surface area (Å²) in [6, 6.07) is 5.54. The van der Waals surface area contributed by atoms with E-state index in [1.807, 2.05) is 25.1 Å². The Balaban J connectivity index is 2.56. The van der Waals surface area contributed by atoms with E-state index in [0.717, 1.165) is 5.69 Å². The van der Waals surface area contributed by atoms with E-state index in [2.05, 4.69) is 10.3 Å². The minimum Gasteiger partial charge on any atom is -0.339 e. The molecule has 0 saturated heterocycles. The van der Waals surface area contributed by atoms with Gasteiger partial charge in [0.1, 0.15) is 0 Å². The van der Waals surface area contributed by atoms with Crippen LogP contribution >= 0.6 is 0 Å². The van der Waals surface area contributed by atoms with Gasteiger partial charge in [0, 0.05) is 13.2 Å². The zero-order valence-electron chi connectivity index (χ0n) is 9.40. The number of amides is 1. The van der Waals surface area contributed by atoms with E-state index in [1.165, 1.54) is 0 Å². The lowest BCUT2D eigenvalue weighted by atomic mass is 10.2. The first-order valence-electron chi connectivity index (χ1n) is 4.97. The third-order valence-corrected chi connectivity index (χ3v) is 2.30. The van der Waals surface area contributed by atoms with Gasteiger partial charge in [0.05, 0.1) is 18.3 Å². The predicted molar refractivity (Wildman–Crippen MR) is 59.2 cm³/mol. The van der Waals surface area contributed by atoms with E-state index >= 15 is 0 Å². The van der Waals surface area contributed by atoms with E-state index in [4.69, 9.17) is 0 Å². The molecule has 1 N–H and O–H groups in total. The van der Waals surface area contributed by atoms with Crippen molar-refractivity contribution in [3.05, 3.63) is 30.1 Å². The van der Waals surface area contributed by atoms with E-state index in [9.17, 15) is 4.79 Å². The number of rotatable bonds is 4. The first kappa shape index (κ1) is 11.7. The van der Waals surface area contributed by atoms with E-state index in [0.29, 0.717) is 6.54 Å². The van der Waals surface area contributed by atoms with Crippen molar-refractivity contribution in [1.82, 2.24) is 15.2 Å². The van der Waals surface area contributed by atoms with Gasteiger partial charge in [0.15, 0.2) is 0 Å². The van der Waals surface area contributed by atoms with Gasteiger partial charge >= 0.3 is 0 Å². The lowest BCUT2D eigenvalue weighted by Gasteiger charge is -2.20. The standard InChI is InChI=1S/C11H17N3O/c1-9(12-2)11(15)14(3)8-10-6-4-5-7-13-10/h4-7,9,12H,8H2,1-3H3. The van der Waals surface area contributed by atoms with E-state index in [1.54, 1.807) is 25.2 Å². The third kappa shape index (κ3) is 3.32. The van der Waals surface area contributed by atoms with Crippen LogP contribution in [-0.4, -0.2) is 35.9 Å². The minimum absolute atomic E-state index is 0.0724. The molecular weight excluding hydrogens is 190 g/mol. The molecule has 0 aliphatic rings. The fraction of sp³-hybridized carbons (Fsp3) is 0.455. The Morgan fingerprint density at radius 3 is 2.87 bits per heavy atom. The highest BCUT2D eigenvalue weighted by atomic mass is 16.2. The maximum absolute atomic E-state index is 11.7. The van der Waals surface area contributed by atoms with Gasteiger partial charge in [0.2, 0.25) is 5.91 Å². The summed E-state index contributed by atoms with van der Waals surface area (Å²) in [5.41, 5.74) is 0.900. The third-order valence-electron chi connectivity index (χ3n) is 2.30. The molecule has 4 nitrogen and oxygen atoms in total. The highest BCUT2D eigenvalue weighted by molar-refractivity contribution is 5.81. The molecule has 1 unspecified atom stereocenters. The molecule has 0 spiro atoms. The monoisotopic (exact) mass is 207 g/mol.